The van der Waals surface area contributed by atoms with Crippen LogP contribution in [0.2, 0.25) is 0 Å². The molecule has 0 radical (unpaired) electrons. The Morgan fingerprint density at radius 3 is 2.79 bits per heavy atom. The molecule has 0 aromatic heterocycles. The molecule has 0 amide bonds. The molecular formula is C10H12N2O2. The molecule has 0 spiro atoms. The summed E-state index contributed by atoms with van der Waals surface area (Å²) in [4.78, 5) is 0. The lowest BCUT2D eigenvalue weighted by Gasteiger charge is -2.09. The number of rotatable bonds is 4. The second-order valence-corrected chi connectivity index (χ2v) is 2.64. The van der Waals surface area contributed by atoms with Gasteiger partial charge in [-0.25, -0.2) is 0 Å². The highest BCUT2D eigenvalue weighted by molar-refractivity contribution is 5.43. The van der Waals surface area contributed by atoms with Crippen molar-refractivity contribution in [2.24, 2.45) is 5.73 Å². The molecule has 4 heteroatoms. The van der Waals surface area contributed by atoms with Crippen LogP contribution in [0.25, 0.3) is 0 Å². The maximum atomic E-state index is 8.38. The second kappa shape index (κ2) is 5.10. The maximum Gasteiger partial charge on any atom is 0.174 e. The normalized spacial score (nSPS) is 9.21. The van der Waals surface area contributed by atoms with Crippen molar-refractivity contribution in [2.75, 3.05) is 13.7 Å². The van der Waals surface area contributed by atoms with Crippen molar-refractivity contribution in [3.8, 4) is 17.6 Å². The molecule has 0 fully saturated rings. The minimum absolute atomic E-state index is 0.00435. The molecule has 0 aliphatic carbocycles. The Labute approximate surface area is 82.9 Å². The quantitative estimate of drug-likeness (QED) is 0.774. The molecule has 1 rings (SSSR count). The highest BCUT2D eigenvalue weighted by atomic mass is 16.5. The van der Waals surface area contributed by atoms with E-state index in [0.29, 0.717) is 18.0 Å². The summed E-state index contributed by atoms with van der Waals surface area (Å²) in [5.41, 5.74) is 6.42. The van der Waals surface area contributed by atoms with Crippen LogP contribution in [-0.2, 0) is 6.54 Å². The van der Waals surface area contributed by atoms with Gasteiger partial charge < -0.3 is 15.2 Å². The van der Waals surface area contributed by atoms with Gasteiger partial charge in [0.05, 0.1) is 7.11 Å². The van der Waals surface area contributed by atoms with Crippen molar-refractivity contribution in [3.05, 3.63) is 23.8 Å². The molecule has 4 nitrogen and oxygen atoms in total. The summed E-state index contributed by atoms with van der Waals surface area (Å²) in [6.45, 7) is 0.442. The Morgan fingerprint density at radius 1 is 1.43 bits per heavy atom. The summed E-state index contributed by atoms with van der Waals surface area (Å²) in [5.74, 6) is 1.16. The molecule has 0 bridgehead atoms. The third-order valence-electron chi connectivity index (χ3n) is 1.76. The first-order valence-electron chi connectivity index (χ1n) is 4.18. The van der Waals surface area contributed by atoms with Gasteiger partial charge in [-0.15, -0.1) is 0 Å². The fourth-order valence-electron chi connectivity index (χ4n) is 1.07. The number of nitriles is 1. The molecule has 0 saturated heterocycles. The molecule has 0 aliphatic heterocycles. The Morgan fingerprint density at radius 2 is 2.21 bits per heavy atom. The van der Waals surface area contributed by atoms with Crippen LogP contribution in [0.4, 0.5) is 0 Å². The molecule has 14 heavy (non-hydrogen) atoms. The Hall–Kier alpha value is -1.73. The number of ether oxygens (including phenoxy) is 2. The maximum absolute atomic E-state index is 8.38. The van der Waals surface area contributed by atoms with E-state index in [2.05, 4.69) is 0 Å². The van der Waals surface area contributed by atoms with Gasteiger partial charge in [0.2, 0.25) is 0 Å². The third-order valence-corrected chi connectivity index (χ3v) is 1.76. The van der Waals surface area contributed by atoms with Gasteiger partial charge in [-0.1, -0.05) is 6.07 Å². The van der Waals surface area contributed by atoms with Gasteiger partial charge >= 0.3 is 0 Å². The van der Waals surface area contributed by atoms with Crippen molar-refractivity contribution in [1.82, 2.24) is 0 Å². The van der Waals surface area contributed by atoms with Crippen LogP contribution in [0.15, 0.2) is 18.2 Å². The van der Waals surface area contributed by atoms with Crippen molar-refractivity contribution >= 4 is 0 Å². The van der Waals surface area contributed by atoms with Gasteiger partial charge in [0, 0.05) is 6.54 Å². The number of hydrogen-bond donors (Lipinski definition) is 1. The van der Waals surface area contributed by atoms with Gasteiger partial charge in [0.15, 0.2) is 18.1 Å². The zero-order chi connectivity index (χ0) is 10.4. The summed E-state index contributed by atoms with van der Waals surface area (Å²) in [7, 11) is 1.55. The van der Waals surface area contributed by atoms with E-state index in [1.54, 1.807) is 19.2 Å². The van der Waals surface area contributed by atoms with E-state index in [1.807, 2.05) is 12.1 Å². The first-order valence-corrected chi connectivity index (χ1v) is 4.18. The largest absolute Gasteiger partial charge is 0.493 e. The summed E-state index contributed by atoms with van der Waals surface area (Å²) in [6.07, 6.45) is 0. The standard InChI is InChI=1S/C10H12N2O2/c1-13-9-3-2-8(7-12)6-10(9)14-5-4-11/h2-3,6H,5,7,12H2,1H3. The van der Waals surface area contributed by atoms with E-state index < -0.39 is 0 Å². The van der Waals surface area contributed by atoms with Crippen molar-refractivity contribution < 1.29 is 9.47 Å². The van der Waals surface area contributed by atoms with E-state index in [4.69, 9.17) is 20.5 Å². The molecule has 74 valence electrons. The minimum atomic E-state index is 0.00435. The number of nitrogens with zero attached hydrogens (tertiary/aromatic N) is 1. The van der Waals surface area contributed by atoms with E-state index >= 15 is 0 Å². The third kappa shape index (κ3) is 2.38. The lowest BCUT2D eigenvalue weighted by molar-refractivity contribution is 0.329. The average Bonchev–Trinajstić information content (AvgIpc) is 2.25. The van der Waals surface area contributed by atoms with Gasteiger partial charge in [-0.2, -0.15) is 5.26 Å². The van der Waals surface area contributed by atoms with Crippen molar-refractivity contribution in [2.45, 2.75) is 6.54 Å². The summed E-state index contributed by atoms with van der Waals surface area (Å²) in [5, 5.41) is 8.38. The first-order chi connectivity index (χ1) is 6.81. The highest BCUT2D eigenvalue weighted by Crippen LogP contribution is 2.27. The zero-order valence-electron chi connectivity index (χ0n) is 7.99. The van der Waals surface area contributed by atoms with Crippen molar-refractivity contribution in [1.29, 1.82) is 5.26 Å². The minimum Gasteiger partial charge on any atom is -0.493 e. The van der Waals surface area contributed by atoms with Crippen LogP contribution in [0.1, 0.15) is 5.56 Å². The van der Waals surface area contributed by atoms with Crippen LogP contribution in [0.3, 0.4) is 0 Å². The fraction of sp³-hybridized carbons (Fsp3) is 0.300. The number of benzene rings is 1. The predicted molar refractivity (Wildman–Crippen MR) is 52.0 cm³/mol. The van der Waals surface area contributed by atoms with Gasteiger partial charge in [-0.3, -0.25) is 0 Å². The zero-order valence-corrected chi connectivity index (χ0v) is 7.99. The summed E-state index contributed by atoms with van der Waals surface area (Å²) >= 11 is 0. The monoisotopic (exact) mass is 192 g/mol. The Balaban J connectivity index is 2.91. The Kier molecular flexibility index (Phi) is 3.77. The molecule has 0 saturated carbocycles. The second-order valence-electron chi connectivity index (χ2n) is 2.64. The fourth-order valence-corrected chi connectivity index (χ4v) is 1.07. The molecule has 0 atom stereocenters. The topological polar surface area (TPSA) is 68.3 Å². The SMILES string of the molecule is COc1ccc(CN)cc1OCC#N. The van der Waals surface area contributed by atoms with Gasteiger partial charge in [-0.05, 0) is 17.7 Å². The number of hydrogen-bond acceptors (Lipinski definition) is 4. The van der Waals surface area contributed by atoms with Crippen LogP contribution in [0.5, 0.6) is 11.5 Å². The Bertz CT molecular complexity index is 344. The van der Waals surface area contributed by atoms with E-state index in [9.17, 15) is 0 Å². The average molecular weight is 192 g/mol. The van der Waals surface area contributed by atoms with E-state index in [-0.39, 0.29) is 6.61 Å². The molecule has 0 heterocycles. The molecule has 1 aromatic carbocycles. The van der Waals surface area contributed by atoms with Gasteiger partial charge in [0.25, 0.3) is 0 Å². The van der Waals surface area contributed by atoms with Gasteiger partial charge in [0.1, 0.15) is 6.07 Å². The predicted octanol–water partition coefficient (Wildman–Crippen LogP) is 1.06. The van der Waals surface area contributed by atoms with Crippen molar-refractivity contribution in [3.63, 3.8) is 0 Å². The molecular weight excluding hydrogens is 180 g/mol. The summed E-state index contributed by atoms with van der Waals surface area (Å²) in [6, 6.07) is 7.30. The molecule has 0 unspecified atom stereocenters. The molecule has 2 N–H and O–H groups in total. The number of methoxy groups -OCH3 is 1. The highest BCUT2D eigenvalue weighted by Gasteiger charge is 2.04. The van der Waals surface area contributed by atoms with Crippen LogP contribution in [0, 0.1) is 11.3 Å². The molecule has 1 aromatic rings. The first kappa shape index (κ1) is 10.4. The van der Waals surface area contributed by atoms with E-state index in [1.165, 1.54) is 0 Å². The number of nitrogens with two attached hydrogens (primary N) is 1. The van der Waals surface area contributed by atoms with Crippen LogP contribution in [-0.4, -0.2) is 13.7 Å². The smallest absolute Gasteiger partial charge is 0.174 e. The molecule has 0 aliphatic rings. The van der Waals surface area contributed by atoms with E-state index in [0.717, 1.165) is 5.56 Å². The lowest BCUT2D eigenvalue weighted by Crippen LogP contribution is -2.00. The lowest BCUT2D eigenvalue weighted by atomic mass is 10.2. The van der Waals surface area contributed by atoms with Crippen LogP contribution >= 0.6 is 0 Å². The van der Waals surface area contributed by atoms with Crippen LogP contribution < -0.4 is 15.2 Å². The summed E-state index contributed by atoms with van der Waals surface area (Å²) < 4.78 is 10.2.